The van der Waals surface area contributed by atoms with Gasteiger partial charge in [-0.25, -0.2) is 9.37 Å². The predicted molar refractivity (Wildman–Crippen MR) is 76.6 cm³/mol. The second-order valence-electron chi connectivity index (χ2n) is 5.54. The van der Waals surface area contributed by atoms with E-state index in [2.05, 4.69) is 19.7 Å². The number of hydrogen-bond donors (Lipinski definition) is 0. The Bertz CT molecular complexity index is 769. The zero-order chi connectivity index (χ0) is 15.0. The molecular formula is C15H17FN4O. The molecule has 0 aliphatic rings. The first-order valence-electron chi connectivity index (χ1n) is 6.89. The Morgan fingerprint density at radius 1 is 1.24 bits per heavy atom. The average molecular weight is 288 g/mol. The zero-order valence-electron chi connectivity index (χ0n) is 12.3. The SMILES string of the molecule is Cc1nc2ccccc2n1CCc1noc(C(C)(C)F)n1. The summed E-state index contributed by atoms with van der Waals surface area (Å²) in [7, 11) is 0. The lowest BCUT2D eigenvalue weighted by Crippen LogP contribution is -2.10. The van der Waals surface area contributed by atoms with Crippen molar-refractivity contribution in [2.24, 2.45) is 0 Å². The van der Waals surface area contributed by atoms with Gasteiger partial charge in [0.25, 0.3) is 5.89 Å². The van der Waals surface area contributed by atoms with Crippen LogP contribution in [0.3, 0.4) is 0 Å². The van der Waals surface area contributed by atoms with Gasteiger partial charge in [0.15, 0.2) is 11.5 Å². The Morgan fingerprint density at radius 2 is 2.00 bits per heavy atom. The topological polar surface area (TPSA) is 56.7 Å². The molecule has 0 unspecified atom stereocenters. The molecule has 21 heavy (non-hydrogen) atoms. The summed E-state index contributed by atoms with van der Waals surface area (Å²) in [6.07, 6.45) is 0.570. The first-order chi connectivity index (χ1) is 9.95. The summed E-state index contributed by atoms with van der Waals surface area (Å²) in [6, 6.07) is 7.96. The van der Waals surface area contributed by atoms with Gasteiger partial charge in [-0.2, -0.15) is 4.98 Å². The molecule has 0 amide bonds. The van der Waals surface area contributed by atoms with E-state index >= 15 is 0 Å². The van der Waals surface area contributed by atoms with Crippen LogP contribution in [0.15, 0.2) is 28.8 Å². The molecule has 2 heterocycles. The van der Waals surface area contributed by atoms with E-state index in [-0.39, 0.29) is 5.89 Å². The van der Waals surface area contributed by atoms with Crippen molar-refractivity contribution < 1.29 is 8.91 Å². The van der Waals surface area contributed by atoms with Crippen molar-refractivity contribution in [2.45, 2.75) is 39.4 Å². The molecule has 1 aromatic carbocycles. The third-order valence-electron chi connectivity index (χ3n) is 3.38. The number of fused-ring (bicyclic) bond motifs is 1. The highest BCUT2D eigenvalue weighted by Gasteiger charge is 2.26. The molecule has 0 atom stereocenters. The van der Waals surface area contributed by atoms with Crippen LogP contribution >= 0.6 is 0 Å². The number of hydrogen-bond acceptors (Lipinski definition) is 4. The minimum Gasteiger partial charge on any atom is -0.336 e. The number of rotatable bonds is 4. The van der Waals surface area contributed by atoms with Gasteiger partial charge in [-0.3, -0.25) is 0 Å². The van der Waals surface area contributed by atoms with Crippen molar-refractivity contribution in [3.05, 3.63) is 41.8 Å². The van der Waals surface area contributed by atoms with Gasteiger partial charge in [0.2, 0.25) is 0 Å². The zero-order valence-corrected chi connectivity index (χ0v) is 12.3. The number of imidazole rings is 1. The van der Waals surface area contributed by atoms with Crippen LogP contribution < -0.4 is 0 Å². The van der Waals surface area contributed by atoms with Crippen molar-refractivity contribution in [1.29, 1.82) is 0 Å². The molecule has 0 N–H and O–H groups in total. The predicted octanol–water partition coefficient (Wildman–Crippen LogP) is 3.18. The maximum atomic E-state index is 13.7. The number of alkyl halides is 1. The Hall–Kier alpha value is -2.24. The van der Waals surface area contributed by atoms with Gasteiger partial charge in [0.1, 0.15) is 5.82 Å². The van der Waals surface area contributed by atoms with E-state index in [0.717, 1.165) is 16.9 Å². The molecule has 3 rings (SSSR count). The van der Waals surface area contributed by atoms with Crippen LogP contribution in [-0.4, -0.2) is 19.7 Å². The van der Waals surface area contributed by atoms with Crippen LogP contribution in [0, 0.1) is 6.92 Å². The number of halogens is 1. The molecule has 0 aliphatic heterocycles. The van der Waals surface area contributed by atoms with Crippen LogP contribution in [0.2, 0.25) is 0 Å². The number of para-hydroxylation sites is 2. The fourth-order valence-corrected chi connectivity index (χ4v) is 2.29. The lowest BCUT2D eigenvalue weighted by Gasteiger charge is -2.06. The standard InChI is InChI=1S/C15H17FN4O/c1-10-17-11-6-4-5-7-12(11)20(10)9-8-13-18-14(21-19-13)15(2,3)16/h4-7H,8-9H2,1-3H3. The number of aromatic nitrogens is 4. The molecule has 0 fully saturated rings. The second kappa shape index (κ2) is 4.95. The van der Waals surface area contributed by atoms with E-state index in [0.29, 0.717) is 18.8 Å². The summed E-state index contributed by atoms with van der Waals surface area (Å²) in [4.78, 5) is 8.61. The van der Waals surface area contributed by atoms with E-state index in [4.69, 9.17) is 4.52 Å². The highest BCUT2D eigenvalue weighted by molar-refractivity contribution is 5.75. The fourth-order valence-electron chi connectivity index (χ4n) is 2.29. The van der Waals surface area contributed by atoms with Crippen molar-refractivity contribution in [3.8, 4) is 0 Å². The van der Waals surface area contributed by atoms with Crippen molar-refractivity contribution in [1.82, 2.24) is 19.7 Å². The molecule has 0 spiro atoms. The third kappa shape index (κ3) is 2.66. The highest BCUT2D eigenvalue weighted by atomic mass is 19.1. The first kappa shape index (κ1) is 13.7. The van der Waals surface area contributed by atoms with E-state index < -0.39 is 5.67 Å². The summed E-state index contributed by atoms with van der Waals surface area (Å²) < 4.78 is 20.8. The Morgan fingerprint density at radius 3 is 2.71 bits per heavy atom. The minimum atomic E-state index is -1.61. The lowest BCUT2D eigenvalue weighted by atomic mass is 10.2. The first-order valence-corrected chi connectivity index (χ1v) is 6.89. The smallest absolute Gasteiger partial charge is 0.263 e. The summed E-state index contributed by atoms with van der Waals surface area (Å²) in [5.74, 6) is 1.46. The molecule has 0 radical (unpaired) electrons. The fraction of sp³-hybridized carbons (Fsp3) is 0.400. The van der Waals surface area contributed by atoms with Crippen LogP contribution in [0.25, 0.3) is 11.0 Å². The monoisotopic (exact) mass is 288 g/mol. The molecule has 2 aromatic heterocycles. The van der Waals surface area contributed by atoms with E-state index in [1.54, 1.807) is 0 Å². The maximum absolute atomic E-state index is 13.7. The molecule has 0 saturated carbocycles. The van der Waals surface area contributed by atoms with Gasteiger partial charge in [-0.1, -0.05) is 17.3 Å². The average Bonchev–Trinajstić information content (AvgIpc) is 3.00. The highest BCUT2D eigenvalue weighted by Crippen LogP contribution is 2.22. The number of benzene rings is 1. The Labute approximate surface area is 121 Å². The molecular weight excluding hydrogens is 271 g/mol. The Balaban J connectivity index is 1.81. The summed E-state index contributed by atoms with van der Waals surface area (Å²) >= 11 is 0. The second-order valence-corrected chi connectivity index (χ2v) is 5.54. The molecule has 0 bridgehead atoms. The van der Waals surface area contributed by atoms with Crippen LogP contribution in [0.1, 0.15) is 31.4 Å². The van der Waals surface area contributed by atoms with E-state index in [1.807, 2.05) is 31.2 Å². The van der Waals surface area contributed by atoms with Crippen LogP contribution in [0.4, 0.5) is 4.39 Å². The largest absolute Gasteiger partial charge is 0.336 e. The van der Waals surface area contributed by atoms with E-state index in [1.165, 1.54) is 13.8 Å². The molecule has 3 aromatic rings. The van der Waals surface area contributed by atoms with Crippen molar-refractivity contribution in [3.63, 3.8) is 0 Å². The van der Waals surface area contributed by atoms with Crippen LogP contribution in [-0.2, 0) is 18.6 Å². The van der Waals surface area contributed by atoms with Gasteiger partial charge >= 0.3 is 0 Å². The van der Waals surface area contributed by atoms with Gasteiger partial charge in [0.05, 0.1) is 11.0 Å². The van der Waals surface area contributed by atoms with Gasteiger partial charge in [0, 0.05) is 13.0 Å². The molecule has 6 heteroatoms. The van der Waals surface area contributed by atoms with Crippen LogP contribution in [0.5, 0.6) is 0 Å². The summed E-state index contributed by atoms with van der Waals surface area (Å²) in [5, 5.41) is 3.83. The molecule has 0 aliphatic carbocycles. The van der Waals surface area contributed by atoms with E-state index in [9.17, 15) is 4.39 Å². The molecule has 0 saturated heterocycles. The minimum absolute atomic E-state index is 0.0183. The molecule has 5 nitrogen and oxygen atoms in total. The molecule has 110 valence electrons. The number of aryl methyl sites for hydroxylation is 3. The quantitative estimate of drug-likeness (QED) is 0.740. The summed E-state index contributed by atoms with van der Waals surface area (Å²) in [5.41, 5.74) is 0.432. The van der Waals surface area contributed by atoms with Crippen molar-refractivity contribution in [2.75, 3.05) is 0 Å². The lowest BCUT2D eigenvalue weighted by molar-refractivity contribution is 0.155. The van der Waals surface area contributed by atoms with Gasteiger partial charge < -0.3 is 9.09 Å². The Kier molecular flexibility index (Phi) is 3.23. The number of nitrogens with zero attached hydrogens (tertiary/aromatic N) is 4. The van der Waals surface area contributed by atoms with Gasteiger partial charge in [-0.15, -0.1) is 0 Å². The van der Waals surface area contributed by atoms with Gasteiger partial charge in [-0.05, 0) is 32.9 Å². The normalized spacial score (nSPS) is 12.2. The third-order valence-corrected chi connectivity index (χ3v) is 3.38. The summed E-state index contributed by atoms with van der Waals surface area (Å²) in [6.45, 7) is 5.44. The maximum Gasteiger partial charge on any atom is 0.263 e. The van der Waals surface area contributed by atoms with Crippen molar-refractivity contribution >= 4 is 11.0 Å².